The first-order valence-electron chi connectivity index (χ1n) is 10.5. The van der Waals surface area contributed by atoms with E-state index in [4.69, 9.17) is 29.3 Å². The third kappa shape index (κ3) is 8.49. The van der Waals surface area contributed by atoms with Gasteiger partial charge in [0.25, 0.3) is 0 Å². The topological polar surface area (TPSA) is 96.3 Å². The van der Waals surface area contributed by atoms with E-state index in [9.17, 15) is 0 Å². The van der Waals surface area contributed by atoms with Crippen LogP contribution in [0, 0.1) is 0 Å². The molecule has 2 N–H and O–H groups in total. The smallest absolute Gasteiger partial charge is 0.414 e. The highest BCUT2D eigenvalue weighted by Crippen LogP contribution is 2.28. The van der Waals surface area contributed by atoms with Gasteiger partial charge in [-0.15, -0.1) is 0 Å². The number of ether oxygens (including phenoxy) is 2. The Balaban J connectivity index is 0.000000501. The largest absolute Gasteiger partial charge is 0.473 e. The number of rotatable bonds is 8. The summed E-state index contributed by atoms with van der Waals surface area (Å²) < 4.78 is 11.5. The summed E-state index contributed by atoms with van der Waals surface area (Å²) in [5.74, 6) is -3.25. The van der Waals surface area contributed by atoms with E-state index in [1.165, 1.54) is 16.3 Å². The fraction of sp³-hybridized carbons (Fsp3) is 0.417. The second-order valence-corrected chi connectivity index (χ2v) is 7.21. The van der Waals surface area contributed by atoms with Crippen LogP contribution in [0.5, 0.6) is 0 Å². The van der Waals surface area contributed by atoms with Gasteiger partial charge in [0.05, 0.1) is 26.4 Å². The minimum atomic E-state index is -1.82. The fourth-order valence-corrected chi connectivity index (χ4v) is 3.44. The van der Waals surface area contributed by atoms with Gasteiger partial charge in [0.15, 0.2) is 0 Å². The Morgan fingerprint density at radius 2 is 1.77 bits per heavy atom. The average Bonchev–Trinajstić information content (AvgIpc) is 2.79. The number of carbonyl (C=O) groups is 2. The summed E-state index contributed by atoms with van der Waals surface area (Å²) >= 11 is 0. The van der Waals surface area contributed by atoms with Gasteiger partial charge >= 0.3 is 11.9 Å². The van der Waals surface area contributed by atoms with Crippen LogP contribution < -0.4 is 0 Å². The number of nitrogens with zero attached hydrogens (tertiary/aromatic N) is 1. The summed E-state index contributed by atoms with van der Waals surface area (Å²) in [6.07, 6.45) is 5.39. The van der Waals surface area contributed by atoms with Gasteiger partial charge in [-0.05, 0) is 29.7 Å². The van der Waals surface area contributed by atoms with Crippen molar-refractivity contribution in [3.63, 3.8) is 0 Å². The summed E-state index contributed by atoms with van der Waals surface area (Å²) in [6, 6.07) is 15.2. The molecule has 0 spiro atoms. The van der Waals surface area contributed by atoms with Gasteiger partial charge in [-0.25, -0.2) is 9.59 Å². The van der Waals surface area contributed by atoms with Crippen LogP contribution in [0.3, 0.4) is 0 Å². The van der Waals surface area contributed by atoms with E-state index >= 15 is 0 Å². The standard InChI is InChI=1S/C22H29NO2.C2H2O4/c1-2-3-7-20(18-25-17-14-23-12-15-24-16-13-23)22-11-6-9-19-8-4-5-10-21(19)22;3-1(4)2(5)6/h2-6,8-11,20H,7,12-18H2,1H3;(H,3,4)(H,5,6)/b3-2+;. The molecule has 7 nitrogen and oxygen atoms in total. The van der Waals surface area contributed by atoms with Gasteiger partial charge in [0.1, 0.15) is 0 Å². The predicted octanol–water partition coefficient (Wildman–Crippen LogP) is 3.39. The number of aliphatic carboxylic acids is 2. The highest BCUT2D eigenvalue weighted by atomic mass is 16.5. The van der Waals surface area contributed by atoms with Crippen molar-refractivity contribution in [3.8, 4) is 0 Å². The van der Waals surface area contributed by atoms with Crippen molar-refractivity contribution < 1.29 is 29.3 Å². The van der Waals surface area contributed by atoms with Crippen LogP contribution in [-0.2, 0) is 19.1 Å². The third-order valence-electron chi connectivity index (χ3n) is 5.08. The lowest BCUT2D eigenvalue weighted by Crippen LogP contribution is -2.38. The van der Waals surface area contributed by atoms with Crippen LogP contribution in [0.1, 0.15) is 24.8 Å². The van der Waals surface area contributed by atoms with Gasteiger partial charge in [0.2, 0.25) is 0 Å². The zero-order valence-corrected chi connectivity index (χ0v) is 17.9. The van der Waals surface area contributed by atoms with Crippen LogP contribution in [0.25, 0.3) is 10.8 Å². The summed E-state index contributed by atoms with van der Waals surface area (Å²) in [4.78, 5) is 20.6. The van der Waals surface area contributed by atoms with Gasteiger partial charge in [-0.2, -0.15) is 0 Å². The maximum atomic E-state index is 9.10. The van der Waals surface area contributed by atoms with E-state index in [0.717, 1.165) is 52.5 Å². The molecule has 1 unspecified atom stereocenters. The molecule has 0 radical (unpaired) electrons. The lowest BCUT2D eigenvalue weighted by molar-refractivity contribution is -0.159. The molecule has 1 heterocycles. The molecule has 7 heteroatoms. The van der Waals surface area contributed by atoms with Crippen molar-refractivity contribution in [2.45, 2.75) is 19.3 Å². The van der Waals surface area contributed by atoms with E-state index in [2.05, 4.69) is 66.4 Å². The highest BCUT2D eigenvalue weighted by Gasteiger charge is 2.15. The molecule has 168 valence electrons. The second-order valence-electron chi connectivity index (χ2n) is 7.21. The lowest BCUT2D eigenvalue weighted by atomic mass is 9.91. The molecule has 2 aromatic rings. The van der Waals surface area contributed by atoms with E-state index in [0.29, 0.717) is 5.92 Å². The van der Waals surface area contributed by atoms with Crippen molar-refractivity contribution >= 4 is 22.7 Å². The molecule has 0 aliphatic carbocycles. The Morgan fingerprint density at radius 3 is 2.45 bits per heavy atom. The lowest BCUT2D eigenvalue weighted by Gasteiger charge is -2.26. The van der Waals surface area contributed by atoms with Crippen molar-refractivity contribution in [1.82, 2.24) is 4.90 Å². The number of morpholine rings is 1. The van der Waals surface area contributed by atoms with Gasteiger partial charge < -0.3 is 19.7 Å². The molecule has 31 heavy (non-hydrogen) atoms. The van der Waals surface area contributed by atoms with Crippen molar-refractivity contribution in [1.29, 1.82) is 0 Å². The fourth-order valence-electron chi connectivity index (χ4n) is 3.44. The van der Waals surface area contributed by atoms with Crippen molar-refractivity contribution in [2.24, 2.45) is 0 Å². The number of allylic oxidation sites excluding steroid dienone is 2. The molecule has 0 bridgehead atoms. The number of hydrogen-bond acceptors (Lipinski definition) is 5. The number of carboxylic acids is 2. The zero-order valence-electron chi connectivity index (χ0n) is 17.9. The van der Waals surface area contributed by atoms with Crippen LogP contribution in [-0.4, -0.2) is 73.1 Å². The normalized spacial score (nSPS) is 15.4. The molecule has 0 saturated carbocycles. The van der Waals surface area contributed by atoms with E-state index in [1.54, 1.807) is 0 Å². The number of fused-ring (bicyclic) bond motifs is 1. The Morgan fingerprint density at radius 1 is 1.10 bits per heavy atom. The molecule has 2 aromatic carbocycles. The van der Waals surface area contributed by atoms with Crippen LogP contribution in [0.4, 0.5) is 0 Å². The van der Waals surface area contributed by atoms with Crippen LogP contribution in [0.2, 0.25) is 0 Å². The van der Waals surface area contributed by atoms with E-state index < -0.39 is 11.9 Å². The first-order chi connectivity index (χ1) is 15.0. The zero-order chi connectivity index (χ0) is 22.5. The molecule has 1 aliphatic heterocycles. The number of carboxylic acid groups (broad SMARTS) is 2. The molecule has 1 atom stereocenters. The average molecular weight is 430 g/mol. The SMILES string of the molecule is C/C=C/CC(COCCN1CCOCC1)c1cccc2ccccc12.O=C(O)C(=O)O. The van der Waals surface area contributed by atoms with Gasteiger partial charge in [0, 0.05) is 25.6 Å². The van der Waals surface area contributed by atoms with Gasteiger partial charge in [-0.1, -0.05) is 54.6 Å². The van der Waals surface area contributed by atoms with Crippen LogP contribution >= 0.6 is 0 Å². The molecule has 0 aromatic heterocycles. The number of hydrogen-bond donors (Lipinski definition) is 2. The summed E-state index contributed by atoms with van der Waals surface area (Å²) in [5, 5.41) is 17.4. The first kappa shape index (κ1) is 24.5. The number of benzene rings is 2. The minimum absolute atomic E-state index is 0.395. The Labute approximate surface area is 182 Å². The van der Waals surface area contributed by atoms with Crippen molar-refractivity contribution in [3.05, 3.63) is 60.2 Å². The summed E-state index contributed by atoms with van der Waals surface area (Å²) in [5.41, 5.74) is 1.39. The molecule has 1 saturated heterocycles. The monoisotopic (exact) mass is 429 g/mol. The maximum Gasteiger partial charge on any atom is 0.414 e. The second kappa shape index (κ2) is 13.5. The van der Waals surface area contributed by atoms with E-state index in [1.807, 2.05) is 0 Å². The highest BCUT2D eigenvalue weighted by molar-refractivity contribution is 6.27. The van der Waals surface area contributed by atoms with E-state index in [-0.39, 0.29) is 0 Å². The molecule has 0 amide bonds. The van der Waals surface area contributed by atoms with Crippen LogP contribution in [0.15, 0.2) is 54.6 Å². The summed E-state index contributed by atoms with van der Waals surface area (Å²) in [6.45, 7) is 8.37. The Hall–Kier alpha value is -2.74. The Kier molecular flexibility index (Phi) is 10.7. The maximum absolute atomic E-state index is 9.10. The third-order valence-corrected chi connectivity index (χ3v) is 5.08. The predicted molar refractivity (Wildman–Crippen MR) is 119 cm³/mol. The summed E-state index contributed by atoms with van der Waals surface area (Å²) in [7, 11) is 0. The first-order valence-corrected chi connectivity index (χ1v) is 10.5. The quantitative estimate of drug-likeness (QED) is 0.377. The van der Waals surface area contributed by atoms with Crippen molar-refractivity contribution in [2.75, 3.05) is 46.1 Å². The van der Waals surface area contributed by atoms with Gasteiger partial charge in [-0.3, -0.25) is 4.90 Å². The molecule has 1 aliphatic rings. The molecular weight excluding hydrogens is 398 g/mol. The minimum Gasteiger partial charge on any atom is -0.473 e. The Bertz CT molecular complexity index is 843. The molecule has 1 fully saturated rings. The molecular formula is C24H31NO6. The molecule has 3 rings (SSSR count).